The van der Waals surface area contributed by atoms with Crippen molar-refractivity contribution in [1.82, 2.24) is 19.9 Å². The second-order valence-corrected chi connectivity index (χ2v) is 2.77. The summed E-state index contributed by atoms with van der Waals surface area (Å²) in [6.07, 6.45) is 1.31. The van der Waals surface area contributed by atoms with Gasteiger partial charge in [0.1, 0.15) is 5.65 Å². The molecular weight excluding hydrogens is 192 g/mol. The summed E-state index contributed by atoms with van der Waals surface area (Å²) in [5.41, 5.74) is -0.777. The van der Waals surface area contributed by atoms with Crippen molar-refractivity contribution in [2.45, 2.75) is 0 Å². The van der Waals surface area contributed by atoms with Gasteiger partial charge in [0.25, 0.3) is 5.56 Å². The molecule has 0 aliphatic rings. The van der Waals surface area contributed by atoms with Gasteiger partial charge < -0.3 is 4.98 Å². The number of nitrogens with zero attached hydrogens (tertiary/aromatic N) is 1. The van der Waals surface area contributed by atoms with Crippen molar-refractivity contribution >= 4 is 23.3 Å². The minimum absolute atomic E-state index is 0.216. The fraction of sp³-hybridized carbons (Fsp3) is 0. The van der Waals surface area contributed by atoms with Crippen LogP contribution in [0.4, 0.5) is 0 Å². The molecule has 0 spiro atoms. The van der Waals surface area contributed by atoms with Gasteiger partial charge in [0.05, 0.1) is 5.39 Å². The van der Waals surface area contributed by atoms with Crippen LogP contribution in [0.1, 0.15) is 0 Å². The molecule has 0 saturated heterocycles. The van der Waals surface area contributed by atoms with Gasteiger partial charge in [-0.05, 0) is 12.2 Å². The van der Waals surface area contributed by atoms with E-state index in [0.29, 0.717) is 0 Å². The van der Waals surface area contributed by atoms with Gasteiger partial charge >= 0.3 is 5.69 Å². The summed E-state index contributed by atoms with van der Waals surface area (Å²) < 4.78 is 0.216. The van der Waals surface area contributed by atoms with Gasteiger partial charge in [-0.3, -0.25) is 14.8 Å². The van der Waals surface area contributed by atoms with Crippen molar-refractivity contribution in [2.24, 2.45) is 0 Å². The molecule has 6 nitrogen and oxygen atoms in total. The van der Waals surface area contributed by atoms with E-state index in [-0.39, 0.29) is 15.8 Å². The SMILES string of the molecule is O=c1[nH]c(=O)c2cnc(=S)[nH]c2[nH]1. The first-order valence-electron chi connectivity index (χ1n) is 3.38. The Bertz CT molecular complexity index is 617. The average Bonchev–Trinajstić information content (AvgIpc) is 2.02. The van der Waals surface area contributed by atoms with E-state index in [4.69, 9.17) is 12.2 Å². The standard InChI is InChI=1S/C6H4N4O2S/c11-4-2-1-7-6(13)9-3(2)8-5(12)10-4/h1H,(H3,7,8,9,10,11,12,13). The molecule has 2 aromatic heterocycles. The molecule has 0 aromatic carbocycles. The molecule has 66 valence electrons. The topological polar surface area (TPSA) is 94.4 Å². The number of hydrogen-bond donors (Lipinski definition) is 3. The summed E-state index contributed by atoms with van der Waals surface area (Å²) in [6, 6.07) is 0. The highest BCUT2D eigenvalue weighted by molar-refractivity contribution is 7.71. The normalized spacial score (nSPS) is 10.5. The Hall–Kier alpha value is -1.76. The van der Waals surface area contributed by atoms with Crippen LogP contribution >= 0.6 is 12.2 Å². The van der Waals surface area contributed by atoms with Gasteiger partial charge in [0.15, 0.2) is 4.77 Å². The number of fused-ring (bicyclic) bond motifs is 1. The molecular formula is C6H4N4O2S. The number of aromatic amines is 3. The zero-order chi connectivity index (χ0) is 9.42. The van der Waals surface area contributed by atoms with E-state index < -0.39 is 11.2 Å². The molecule has 0 saturated carbocycles. The minimum Gasteiger partial charge on any atom is -0.316 e. The predicted molar refractivity (Wildman–Crippen MR) is 48.2 cm³/mol. The first-order valence-corrected chi connectivity index (χ1v) is 3.79. The molecule has 2 rings (SSSR count). The molecule has 2 aromatic rings. The largest absolute Gasteiger partial charge is 0.327 e. The summed E-state index contributed by atoms with van der Waals surface area (Å²) in [4.78, 5) is 32.8. The van der Waals surface area contributed by atoms with E-state index in [1.165, 1.54) is 6.20 Å². The molecule has 0 bridgehead atoms. The Labute approximate surface area is 75.7 Å². The lowest BCUT2D eigenvalue weighted by Gasteiger charge is -1.93. The molecule has 13 heavy (non-hydrogen) atoms. The molecule has 0 aliphatic heterocycles. The maximum Gasteiger partial charge on any atom is 0.327 e. The number of rotatable bonds is 0. The van der Waals surface area contributed by atoms with Crippen molar-refractivity contribution in [3.8, 4) is 0 Å². The maximum absolute atomic E-state index is 11.1. The van der Waals surface area contributed by atoms with Crippen molar-refractivity contribution < 1.29 is 0 Å². The van der Waals surface area contributed by atoms with Crippen molar-refractivity contribution in [1.29, 1.82) is 0 Å². The van der Waals surface area contributed by atoms with E-state index in [1.807, 2.05) is 0 Å². The Balaban J connectivity index is 3.12. The fourth-order valence-corrected chi connectivity index (χ4v) is 1.14. The average molecular weight is 196 g/mol. The Morgan fingerprint density at radius 3 is 2.77 bits per heavy atom. The number of aromatic nitrogens is 4. The third-order valence-electron chi connectivity index (χ3n) is 1.52. The summed E-state index contributed by atoms with van der Waals surface area (Å²) in [5.74, 6) is 0. The second-order valence-electron chi connectivity index (χ2n) is 2.39. The third kappa shape index (κ3) is 1.29. The van der Waals surface area contributed by atoms with Gasteiger partial charge in [0, 0.05) is 6.20 Å². The van der Waals surface area contributed by atoms with Crippen molar-refractivity contribution in [2.75, 3.05) is 0 Å². The number of hydrogen-bond acceptors (Lipinski definition) is 4. The van der Waals surface area contributed by atoms with Crippen LogP contribution in [-0.2, 0) is 0 Å². The molecule has 0 amide bonds. The Morgan fingerprint density at radius 1 is 1.23 bits per heavy atom. The maximum atomic E-state index is 11.1. The van der Waals surface area contributed by atoms with Crippen molar-refractivity contribution in [3.63, 3.8) is 0 Å². The summed E-state index contributed by atoms with van der Waals surface area (Å²) in [6.45, 7) is 0. The van der Waals surface area contributed by atoms with Crippen LogP contribution in [0.25, 0.3) is 11.0 Å². The highest BCUT2D eigenvalue weighted by Crippen LogP contribution is 1.95. The lowest BCUT2D eigenvalue weighted by molar-refractivity contribution is 1.04. The smallest absolute Gasteiger partial charge is 0.316 e. The first-order chi connectivity index (χ1) is 6.16. The zero-order valence-corrected chi connectivity index (χ0v) is 7.07. The molecule has 0 aliphatic carbocycles. The van der Waals surface area contributed by atoms with Crippen LogP contribution in [0, 0.1) is 4.77 Å². The molecule has 0 atom stereocenters. The summed E-state index contributed by atoms with van der Waals surface area (Å²) >= 11 is 4.73. The Morgan fingerprint density at radius 2 is 2.00 bits per heavy atom. The van der Waals surface area contributed by atoms with Crippen LogP contribution in [-0.4, -0.2) is 19.9 Å². The first kappa shape index (κ1) is 7.87. The van der Waals surface area contributed by atoms with Gasteiger partial charge in [-0.25, -0.2) is 9.78 Å². The predicted octanol–water partition coefficient (Wildman–Crippen LogP) is -0.331. The Kier molecular flexibility index (Phi) is 1.59. The van der Waals surface area contributed by atoms with E-state index in [1.54, 1.807) is 0 Å². The monoisotopic (exact) mass is 196 g/mol. The quantitative estimate of drug-likeness (QED) is 0.503. The van der Waals surface area contributed by atoms with Crippen LogP contribution in [0.15, 0.2) is 15.8 Å². The number of nitrogens with one attached hydrogen (secondary N) is 3. The lowest BCUT2D eigenvalue weighted by atomic mass is 10.4. The molecule has 0 fully saturated rings. The molecule has 2 heterocycles. The van der Waals surface area contributed by atoms with Gasteiger partial charge in [-0.2, -0.15) is 0 Å². The molecule has 0 unspecified atom stereocenters. The second kappa shape index (κ2) is 2.63. The van der Waals surface area contributed by atoms with Crippen molar-refractivity contribution in [3.05, 3.63) is 31.8 Å². The molecule has 3 N–H and O–H groups in total. The highest BCUT2D eigenvalue weighted by atomic mass is 32.1. The summed E-state index contributed by atoms with van der Waals surface area (Å²) in [5, 5.41) is 0.271. The fourth-order valence-electron chi connectivity index (χ4n) is 0.980. The van der Waals surface area contributed by atoms with Crippen LogP contribution in [0.3, 0.4) is 0 Å². The van der Waals surface area contributed by atoms with E-state index in [9.17, 15) is 9.59 Å². The molecule has 7 heteroatoms. The van der Waals surface area contributed by atoms with Gasteiger partial charge in [-0.15, -0.1) is 0 Å². The highest BCUT2D eigenvalue weighted by Gasteiger charge is 1.99. The zero-order valence-electron chi connectivity index (χ0n) is 6.25. The minimum atomic E-state index is -0.575. The van der Waals surface area contributed by atoms with E-state index in [2.05, 4.69) is 19.9 Å². The van der Waals surface area contributed by atoms with E-state index >= 15 is 0 Å². The third-order valence-corrected chi connectivity index (χ3v) is 1.73. The van der Waals surface area contributed by atoms with Gasteiger partial charge in [-0.1, -0.05) is 0 Å². The van der Waals surface area contributed by atoms with Crippen LogP contribution in [0.2, 0.25) is 0 Å². The van der Waals surface area contributed by atoms with Crippen LogP contribution in [0.5, 0.6) is 0 Å². The molecule has 0 radical (unpaired) electrons. The van der Waals surface area contributed by atoms with Crippen LogP contribution < -0.4 is 11.2 Å². The lowest BCUT2D eigenvalue weighted by Crippen LogP contribution is -2.22. The van der Waals surface area contributed by atoms with E-state index in [0.717, 1.165) is 0 Å². The number of H-pyrrole nitrogens is 3. The van der Waals surface area contributed by atoms with Gasteiger partial charge in [0.2, 0.25) is 0 Å². The summed E-state index contributed by atoms with van der Waals surface area (Å²) in [7, 11) is 0.